The van der Waals surface area contributed by atoms with Crippen molar-refractivity contribution in [2.24, 2.45) is 0 Å². The van der Waals surface area contributed by atoms with Crippen molar-refractivity contribution in [3.8, 4) is 5.75 Å². The summed E-state index contributed by atoms with van der Waals surface area (Å²) in [5, 5.41) is 14.7. The molecule has 0 saturated heterocycles. The Kier molecular flexibility index (Phi) is 4.66. The van der Waals surface area contributed by atoms with Gasteiger partial charge in [-0.1, -0.05) is 6.07 Å². The van der Waals surface area contributed by atoms with E-state index in [2.05, 4.69) is 14.9 Å². The van der Waals surface area contributed by atoms with Crippen LogP contribution in [0.5, 0.6) is 5.75 Å². The van der Waals surface area contributed by atoms with Crippen molar-refractivity contribution in [1.29, 1.82) is 0 Å². The number of carboxylic acids is 1. The Morgan fingerprint density at radius 1 is 1.45 bits per heavy atom. The molecule has 1 aromatic heterocycles. The summed E-state index contributed by atoms with van der Waals surface area (Å²) in [6.45, 7) is 0. The van der Waals surface area contributed by atoms with E-state index in [9.17, 15) is 13.2 Å². The van der Waals surface area contributed by atoms with Crippen LogP contribution in [0, 0.1) is 0 Å². The molecule has 0 amide bonds. The third kappa shape index (κ3) is 3.76. The van der Waals surface area contributed by atoms with Crippen LogP contribution in [0.1, 0.15) is 12.0 Å². The van der Waals surface area contributed by atoms with Gasteiger partial charge in [0.2, 0.25) is 0 Å². The molecule has 3 N–H and O–H groups in total. The van der Waals surface area contributed by atoms with Gasteiger partial charge in [0.25, 0.3) is 10.0 Å². The number of anilines is 1. The zero-order chi connectivity index (χ0) is 16.2. The average molecular weight is 325 g/mol. The van der Waals surface area contributed by atoms with Crippen molar-refractivity contribution in [3.63, 3.8) is 0 Å². The first-order valence-corrected chi connectivity index (χ1v) is 7.81. The van der Waals surface area contributed by atoms with Crippen LogP contribution < -0.4 is 9.46 Å². The summed E-state index contributed by atoms with van der Waals surface area (Å²) in [5.74, 6) is -0.581. The molecule has 0 aliphatic carbocycles. The number of aromatic amines is 1. The Morgan fingerprint density at radius 3 is 2.82 bits per heavy atom. The third-order valence-corrected chi connectivity index (χ3v) is 4.25. The fourth-order valence-electron chi connectivity index (χ4n) is 1.83. The van der Waals surface area contributed by atoms with Crippen LogP contribution in [0.4, 0.5) is 5.69 Å². The smallest absolute Gasteiger partial charge is 0.303 e. The fraction of sp³-hybridized carbons (Fsp3) is 0.231. The highest BCUT2D eigenvalue weighted by molar-refractivity contribution is 7.92. The molecule has 0 atom stereocenters. The van der Waals surface area contributed by atoms with Gasteiger partial charge in [0.05, 0.1) is 19.0 Å². The predicted octanol–water partition coefficient (Wildman–Crippen LogP) is 1.24. The van der Waals surface area contributed by atoms with Crippen molar-refractivity contribution in [1.82, 2.24) is 10.2 Å². The monoisotopic (exact) mass is 325 g/mol. The lowest BCUT2D eigenvalue weighted by molar-refractivity contribution is -0.136. The van der Waals surface area contributed by atoms with Crippen molar-refractivity contribution < 1.29 is 23.1 Å². The molecule has 0 aliphatic rings. The van der Waals surface area contributed by atoms with Gasteiger partial charge in [0.1, 0.15) is 10.6 Å². The minimum Gasteiger partial charge on any atom is -0.495 e. The highest BCUT2D eigenvalue weighted by atomic mass is 32.2. The predicted molar refractivity (Wildman–Crippen MR) is 78.3 cm³/mol. The maximum Gasteiger partial charge on any atom is 0.303 e. The SMILES string of the molecule is COc1ccc(CCC(=O)O)cc1NS(=O)(=O)c1cn[nH]c1. The Hall–Kier alpha value is -2.55. The lowest BCUT2D eigenvalue weighted by atomic mass is 10.1. The molecule has 9 heteroatoms. The van der Waals surface area contributed by atoms with Gasteiger partial charge in [-0.3, -0.25) is 14.6 Å². The Bertz CT molecular complexity index is 756. The van der Waals surface area contributed by atoms with E-state index < -0.39 is 16.0 Å². The number of hydrogen-bond donors (Lipinski definition) is 3. The molecular weight excluding hydrogens is 310 g/mol. The minimum absolute atomic E-state index is 0.00880. The number of aliphatic carboxylic acids is 1. The molecule has 0 unspecified atom stereocenters. The number of aromatic nitrogens is 2. The van der Waals surface area contributed by atoms with Crippen molar-refractivity contribution in [2.75, 3.05) is 11.8 Å². The first kappa shape index (κ1) is 15.8. The van der Waals surface area contributed by atoms with E-state index in [1.807, 2.05) is 0 Å². The zero-order valence-corrected chi connectivity index (χ0v) is 12.6. The number of nitrogens with one attached hydrogen (secondary N) is 2. The maximum absolute atomic E-state index is 12.2. The summed E-state index contributed by atoms with van der Waals surface area (Å²) in [7, 11) is -2.37. The van der Waals surface area contributed by atoms with E-state index in [0.717, 1.165) is 0 Å². The second-order valence-electron chi connectivity index (χ2n) is 4.47. The number of H-pyrrole nitrogens is 1. The molecular formula is C13H15N3O5S. The van der Waals surface area contributed by atoms with E-state index >= 15 is 0 Å². The average Bonchev–Trinajstić information content (AvgIpc) is 3.00. The van der Waals surface area contributed by atoms with Gasteiger partial charge in [-0.25, -0.2) is 8.42 Å². The van der Waals surface area contributed by atoms with Gasteiger partial charge in [-0.15, -0.1) is 0 Å². The summed E-state index contributed by atoms with van der Waals surface area (Å²) >= 11 is 0. The van der Waals surface area contributed by atoms with Crippen molar-refractivity contribution in [2.45, 2.75) is 17.7 Å². The topological polar surface area (TPSA) is 121 Å². The number of benzene rings is 1. The van der Waals surface area contributed by atoms with Crippen LogP contribution in [-0.2, 0) is 21.2 Å². The Labute approximate surface area is 127 Å². The molecule has 2 rings (SSSR count). The third-order valence-electron chi connectivity index (χ3n) is 2.92. The van der Waals surface area contributed by atoms with Gasteiger partial charge in [0.15, 0.2) is 0 Å². The summed E-state index contributed by atoms with van der Waals surface area (Å²) in [5.41, 5.74) is 0.930. The highest BCUT2D eigenvalue weighted by Crippen LogP contribution is 2.28. The molecule has 1 aromatic carbocycles. The van der Waals surface area contributed by atoms with E-state index in [4.69, 9.17) is 9.84 Å². The van der Waals surface area contributed by atoms with Crippen LogP contribution >= 0.6 is 0 Å². The number of rotatable bonds is 7. The molecule has 0 spiro atoms. The van der Waals surface area contributed by atoms with E-state index in [1.54, 1.807) is 18.2 Å². The van der Waals surface area contributed by atoms with Crippen LogP contribution in [0.3, 0.4) is 0 Å². The number of hydrogen-bond acceptors (Lipinski definition) is 5. The number of nitrogens with zero attached hydrogens (tertiary/aromatic N) is 1. The molecule has 22 heavy (non-hydrogen) atoms. The van der Waals surface area contributed by atoms with Gasteiger partial charge >= 0.3 is 5.97 Å². The molecule has 118 valence electrons. The number of ether oxygens (including phenoxy) is 1. The first-order valence-electron chi connectivity index (χ1n) is 6.32. The fourth-order valence-corrected chi connectivity index (χ4v) is 2.80. The molecule has 0 fully saturated rings. The van der Waals surface area contributed by atoms with E-state index in [1.165, 1.54) is 19.5 Å². The zero-order valence-electron chi connectivity index (χ0n) is 11.7. The van der Waals surface area contributed by atoms with E-state index in [0.29, 0.717) is 17.7 Å². The number of carboxylic acid groups (broad SMARTS) is 1. The van der Waals surface area contributed by atoms with Gasteiger partial charge < -0.3 is 9.84 Å². The summed E-state index contributed by atoms with van der Waals surface area (Å²) < 4.78 is 31.9. The molecule has 0 aliphatic heterocycles. The van der Waals surface area contributed by atoms with Crippen LogP contribution in [0.25, 0.3) is 0 Å². The molecule has 1 heterocycles. The van der Waals surface area contributed by atoms with Gasteiger partial charge in [0, 0.05) is 12.6 Å². The van der Waals surface area contributed by atoms with Crippen LogP contribution in [0.15, 0.2) is 35.5 Å². The summed E-state index contributed by atoms with van der Waals surface area (Å²) in [6, 6.07) is 4.83. The molecule has 2 aromatic rings. The van der Waals surface area contributed by atoms with E-state index in [-0.39, 0.29) is 17.0 Å². The van der Waals surface area contributed by atoms with Crippen LogP contribution in [-0.4, -0.2) is 36.8 Å². The Balaban J connectivity index is 2.28. The second kappa shape index (κ2) is 6.48. The van der Waals surface area contributed by atoms with Gasteiger partial charge in [-0.2, -0.15) is 5.10 Å². The normalized spacial score (nSPS) is 11.1. The lowest BCUT2D eigenvalue weighted by Gasteiger charge is -2.12. The molecule has 8 nitrogen and oxygen atoms in total. The molecule has 0 saturated carbocycles. The van der Waals surface area contributed by atoms with Crippen LogP contribution in [0.2, 0.25) is 0 Å². The van der Waals surface area contributed by atoms with Crippen molar-refractivity contribution >= 4 is 21.7 Å². The largest absolute Gasteiger partial charge is 0.495 e. The standard InChI is InChI=1S/C13H15N3O5S/c1-21-12-4-2-9(3-5-13(17)18)6-11(12)16-22(19,20)10-7-14-15-8-10/h2,4,6-8,16H,3,5H2,1H3,(H,14,15)(H,17,18). The first-order chi connectivity index (χ1) is 10.4. The number of methoxy groups -OCH3 is 1. The molecule has 0 bridgehead atoms. The quantitative estimate of drug-likeness (QED) is 0.704. The number of aryl methyl sites for hydroxylation is 1. The number of carbonyl (C=O) groups is 1. The number of sulfonamides is 1. The lowest BCUT2D eigenvalue weighted by Crippen LogP contribution is -2.13. The van der Waals surface area contributed by atoms with Gasteiger partial charge in [-0.05, 0) is 24.1 Å². The maximum atomic E-state index is 12.2. The Morgan fingerprint density at radius 2 is 2.23 bits per heavy atom. The van der Waals surface area contributed by atoms with Crippen molar-refractivity contribution in [3.05, 3.63) is 36.2 Å². The summed E-state index contributed by atoms with van der Waals surface area (Å²) in [4.78, 5) is 10.6. The summed E-state index contributed by atoms with van der Waals surface area (Å²) in [6.07, 6.45) is 2.69. The molecule has 0 radical (unpaired) electrons. The second-order valence-corrected chi connectivity index (χ2v) is 6.15. The highest BCUT2D eigenvalue weighted by Gasteiger charge is 2.18. The minimum atomic E-state index is -3.79.